The minimum absolute atomic E-state index is 0.158. The molecular formula is C25H35N5O2. The van der Waals surface area contributed by atoms with Crippen LogP contribution in [0.25, 0.3) is 0 Å². The van der Waals surface area contributed by atoms with Crippen LogP contribution in [-0.2, 0) is 24.2 Å². The number of methoxy groups -OCH3 is 1. The van der Waals surface area contributed by atoms with E-state index >= 15 is 0 Å². The number of hydrogen-bond acceptors (Lipinski definition) is 6. The summed E-state index contributed by atoms with van der Waals surface area (Å²) in [5.41, 5.74) is 3.58. The number of fused-ring (bicyclic) bond motifs is 1. The zero-order valence-corrected chi connectivity index (χ0v) is 19.7. The molecule has 0 spiro atoms. The summed E-state index contributed by atoms with van der Waals surface area (Å²) in [5, 5.41) is 3.70. The summed E-state index contributed by atoms with van der Waals surface area (Å²) in [7, 11) is 3.87. The maximum atomic E-state index is 11.7. The third-order valence-corrected chi connectivity index (χ3v) is 6.68. The summed E-state index contributed by atoms with van der Waals surface area (Å²) < 4.78 is 5.54. The second kappa shape index (κ2) is 9.86. The van der Waals surface area contributed by atoms with E-state index < -0.39 is 0 Å². The number of likely N-dealkylation sites (tertiary alicyclic amines) is 1. The largest absolute Gasteiger partial charge is 0.496 e. The Kier molecular flexibility index (Phi) is 6.94. The van der Waals surface area contributed by atoms with Gasteiger partial charge in [-0.3, -0.25) is 4.79 Å². The van der Waals surface area contributed by atoms with Crippen molar-refractivity contribution in [1.82, 2.24) is 19.8 Å². The van der Waals surface area contributed by atoms with E-state index in [1.54, 1.807) is 14.0 Å². The van der Waals surface area contributed by atoms with E-state index in [2.05, 4.69) is 36.3 Å². The molecule has 0 saturated carbocycles. The molecule has 172 valence electrons. The number of nitrogens with one attached hydrogen (secondary N) is 1. The van der Waals surface area contributed by atoms with Crippen molar-refractivity contribution in [3.05, 3.63) is 46.9 Å². The lowest BCUT2D eigenvalue weighted by Gasteiger charge is -2.32. The number of para-hydroxylation sites is 1. The Bertz CT molecular complexity index is 955. The van der Waals surface area contributed by atoms with Gasteiger partial charge in [0.25, 0.3) is 0 Å². The zero-order chi connectivity index (χ0) is 22.7. The van der Waals surface area contributed by atoms with Crippen molar-refractivity contribution >= 4 is 11.7 Å². The van der Waals surface area contributed by atoms with Crippen LogP contribution in [-0.4, -0.2) is 65.5 Å². The molecule has 0 radical (unpaired) electrons. The fourth-order valence-corrected chi connectivity index (χ4v) is 4.81. The van der Waals surface area contributed by atoms with Gasteiger partial charge in [0.15, 0.2) is 0 Å². The molecule has 1 atom stereocenters. The van der Waals surface area contributed by atoms with E-state index in [4.69, 9.17) is 14.7 Å². The lowest BCUT2D eigenvalue weighted by Crippen LogP contribution is -2.37. The first-order chi connectivity index (χ1) is 15.4. The topological polar surface area (TPSA) is 70.6 Å². The molecule has 7 heteroatoms. The van der Waals surface area contributed by atoms with Crippen LogP contribution in [0.15, 0.2) is 24.3 Å². The SMILES string of the molecule is COc1ccccc1CC(C)Nc1nc(C2CCN(C(C)=O)CC2)nc2c1CN(C)CC2. The number of hydrogen-bond donors (Lipinski definition) is 1. The van der Waals surface area contributed by atoms with Gasteiger partial charge in [-0.1, -0.05) is 18.2 Å². The summed E-state index contributed by atoms with van der Waals surface area (Å²) in [6.07, 6.45) is 3.65. The van der Waals surface area contributed by atoms with Crippen molar-refractivity contribution in [3.8, 4) is 5.75 Å². The second-order valence-corrected chi connectivity index (χ2v) is 9.19. The van der Waals surface area contributed by atoms with Gasteiger partial charge in [0.1, 0.15) is 17.4 Å². The first kappa shape index (κ1) is 22.5. The molecule has 1 saturated heterocycles. The molecule has 0 bridgehead atoms. The molecule has 4 rings (SSSR count). The van der Waals surface area contributed by atoms with Crippen LogP contribution in [0.4, 0.5) is 5.82 Å². The van der Waals surface area contributed by atoms with Crippen LogP contribution in [0, 0.1) is 0 Å². The first-order valence-electron chi connectivity index (χ1n) is 11.7. The molecule has 1 amide bonds. The number of anilines is 1. The molecule has 32 heavy (non-hydrogen) atoms. The molecule has 3 heterocycles. The third kappa shape index (κ3) is 5.04. The smallest absolute Gasteiger partial charge is 0.219 e. The monoisotopic (exact) mass is 437 g/mol. The van der Waals surface area contributed by atoms with E-state index in [9.17, 15) is 4.79 Å². The van der Waals surface area contributed by atoms with E-state index in [0.29, 0.717) is 5.92 Å². The van der Waals surface area contributed by atoms with Crippen LogP contribution in [0.2, 0.25) is 0 Å². The standard InChI is InChI=1S/C25H35N5O2/c1-17(15-20-7-5-6-8-23(20)32-4)26-25-21-16-29(3)12-11-22(21)27-24(28-25)19-9-13-30(14-10-19)18(2)31/h5-8,17,19H,9-16H2,1-4H3,(H,26,27,28). The maximum Gasteiger partial charge on any atom is 0.219 e. The number of ether oxygens (including phenoxy) is 1. The molecule has 2 aromatic rings. The lowest BCUT2D eigenvalue weighted by atomic mass is 9.95. The number of nitrogens with zero attached hydrogens (tertiary/aromatic N) is 4. The van der Waals surface area contributed by atoms with E-state index in [0.717, 1.165) is 69.3 Å². The Morgan fingerprint density at radius 2 is 1.97 bits per heavy atom. The Morgan fingerprint density at radius 1 is 1.22 bits per heavy atom. The van der Waals surface area contributed by atoms with Gasteiger partial charge in [0.05, 0.1) is 12.8 Å². The summed E-state index contributed by atoms with van der Waals surface area (Å²) in [6.45, 7) is 7.30. The molecular weight excluding hydrogens is 402 g/mol. The highest BCUT2D eigenvalue weighted by atomic mass is 16.5. The van der Waals surface area contributed by atoms with Crippen molar-refractivity contribution in [1.29, 1.82) is 0 Å². The number of likely N-dealkylation sites (N-methyl/N-ethyl adjacent to an activating group) is 1. The predicted molar refractivity (Wildman–Crippen MR) is 126 cm³/mol. The fourth-order valence-electron chi connectivity index (χ4n) is 4.81. The van der Waals surface area contributed by atoms with Gasteiger partial charge < -0.3 is 19.9 Å². The minimum Gasteiger partial charge on any atom is -0.496 e. The number of aromatic nitrogens is 2. The van der Waals surface area contributed by atoms with Gasteiger partial charge in [-0.25, -0.2) is 9.97 Å². The van der Waals surface area contributed by atoms with Crippen molar-refractivity contribution in [3.63, 3.8) is 0 Å². The Hall–Kier alpha value is -2.67. The molecule has 1 aromatic carbocycles. The Balaban J connectivity index is 1.56. The van der Waals surface area contributed by atoms with Crippen LogP contribution in [0.3, 0.4) is 0 Å². The third-order valence-electron chi connectivity index (χ3n) is 6.68. The van der Waals surface area contributed by atoms with Crippen molar-refractivity contribution < 1.29 is 9.53 Å². The number of rotatable bonds is 6. The molecule has 7 nitrogen and oxygen atoms in total. The van der Waals surface area contributed by atoms with Gasteiger partial charge >= 0.3 is 0 Å². The second-order valence-electron chi connectivity index (χ2n) is 9.19. The highest BCUT2D eigenvalue weighted by Gasteiger charge is 2.28. The van der Waals surface area contributed by atoms with Crippen molar-refractivity contribution in [2.45, 2.75) is 58.0 Å². The van der Waals surface area contributed by atoms with E-state index in [-0.39, 0.29) is 11.9 Å². The number of carbonyl (C=O) groups excluding carboxylic acids is 1. The molecule has 1 unspecified atom stereocenters. The lowest BCUT2D eigenvalue weighted by molar-refractivity contribution is -0.129. The summed E-state index contributed by atoms with van der Waals surface area (Å²) in [4.78, 5) is 26.0. The fraction of sp³-hybridized carbons (Fsp3) is 0.560. The average molecular weight is 438 g/mol. The van der Waals surface area contributed by atoms with E-state index in [1.807, 2.05) is 17.0 Å². The first-order valence-corrected chi connectivity index (χ1v) is 11.7. The number of carbonyl (C=O) groups is 1. The van der Waals surface area contributed by atoms with Crippen molar-refractivity contribution in [2.75, 3.05) is 39.1 Å². The highest BCUT2D eigenvalue weighted by molar-refractivity contribution is 5.73. The van der Waals surface area contributed by atoms with Crippen molar-refractivity contribution in [2.24, 2.45) is 0 Å². The quantitative estimate of drug-likeness (QED) is 0.748. The zero-order valence-electron chi connectivity index (χ0n) is 19.7. The Morgan fingerprint density at radius 3 is 2.69 bits per heavy atom. The molecule has 1 aromatic heterocycles. The predicted octanol–water partition coefficient (Wildman–Crippen LogP) is 3.24. The number of benzene rings is 1. The molecule has 1 fully saturated rings. The Labute approximate surface area is 191 Å². The van der Waals surface area contributed by atoms with Gasteiger partial charge in [-0.15, -0.1) is 0 Å². The number of amides is 1. The van der Waals surface area contributed by atoms with Gasteiger partial charge in [0.2, 0.25) is 5.91 Å². The van der Waals surface area contributed by atoms with Gasteiger partial charge in [0, 0.05) is 57.0 Å². The summed E-state index contributed by atoms with van der Waals surface area (Å²) in [5.74, 6) is 3.28. The molecule has 0 aliphatic carbocycles. The number of piperidine rings is 1. The highest BCUT2D eigenvalue weighted by Crippen LogP contribution is 2.31. The van der Waals surface area contributed by atoms with Crippen LogP contribution in [0.5, 0.6) is 5.75 Å². The van der Waals surface area contributed by atoms with Crippen LogP contribution < -0.4 is 10.1 Å². The van der Waals surface area contributed by atoms with Crippen LogP contribution in [0.1, 0.15) is 55.3 Å². The summed E-state index contributed by atoms with van der Waals surface area (Å²) in [6, 6.07) is 8.38. The molecule has 1 N–H and O–H groups in total. The maximum absolute atomic E-state index is 11.7. The molecule has 2 aliphatic heterocycles. The molecule has 2 aliphatic rings. The van der Waals surface area contributed by atoms with Crippen LogP contribution >= 0.6 is 0 Å². The average Bonchev–Trinajstić information content (AvgIpc) is 2.79. The van der Waals surface area contributed by atoms with Gasteiger partial charge in [-0.2, -0.15) is 0 Å². The minimum atomic E-state index is 0.158. The normalized spacial score (nSPS) is 18.2. The van der Waals surface area contributed by atoms with E-state index in [1.165, 1.54) is 16.8 Å². The summed E-state index contributed by atoms with van der Waals surface area (Å²) >= 11 is 0. The van der Waals surface area contributed by atoms with Gasteiger partial charge in [-0.05, 0) is 44.9 Å².